The Morgan fingerprint density at radius 3 is 1.82 bits per heavy atom. The maximum absolute atomic E-state index is 5.02. The van der Waals surface area contributed by atoms with Crippen LogP contribution in [-0.2, 0) is 0 Å². The minimum absolute atomic E-state index is 0.670. The van der Waals surface area contributed by atoms with E-state index in [1.54, 1.807) is 0 Å². The van der Waals surface area contributed by atoms with Gasteiger partial charge in [0, 0.05) is 42.2 Å². The summed E-state index contributed by atoms with van der Waals surface area (Å²) in [5, 5.41) is 7.38. The molecule has 6 aromatic carbocycles. The largest absolute Gasteiger partial charge is 0.208 e. The lowest BCUT2D eigenvalue weighted by atomic mass is 10.0. The molecule has 0 atom stereocenters. The van der Waals surface area contributed by atoms with E-state index in [1.807, 2.05) is 41.7 Å². The molecule has 4 heteroatoms. The van der Waals surface area contributed by atoms with Crippen LogP contribution in [0.4, 0.5) is 0 Å². The summed E-state index contributed by atoms with van der Waals surface area (Å²) in [4.78, 5) is 14.9. The number of rotatable bonds is 3. The molecule has 2 aromatic heterocycles. The Morgan fingerprint density at radius 1 is 0.385 bits per heavy atom. The number of hydrogen-bond acceptors (Lipinski definition) is 4. The molecule has 0 aliphatic carbocycles. The number of thiophene rings is 1. The highest BCUT2D eigenvalue weighted by Crippen LogP contribution is 2.39. The highest BCUT2D eigenvalue weighted by Gasteiger charge is 2.14. The van der Waals surface area contributed by atoms with Gasteiger partial charge in [-0.1, -0.05) is 109 Å². The minimum Gasteiger partial charge on any atom is -0.208 e. The highest BCUT2D eigenvalue weighted by molar-refractivity contribution is 7.26. The summed E-state index contributed by atoms with van der Waals surface area (Å²) >= 11 is 1.84. The quantitative estimate of drug-likeness (QED) is 0.235. The van der Waals surface area contributed by atoms with Gasteiger partial charge in [-0.25, -0.2) is 15.0 Å². The Morgan fingerprint density at radius 2 is 1.00 bits per heavy atom. The van der Waals surface area contributed by atoms with Crippen LogP contribution in [0.1, 0.15) is 0 Å². The van der Waals surface area contributed by atoms with Crippen LogP contribution in [0.2, 0.25) is 0 Å². The van der Waals surface area contributed by atoms with Crippen molar-refractivity contribution in [2.75, 3.05) is 0 Å². The van der Waals surface area contributed by atoms with Crippen molar-refractivity contribution >= 4 is 53.1 Å². The van der Waals surface area contributed by atoms with Gasteiger partial charge in [0.15, 0.2) is 17.5 Å². The first-order valence-electron chi connectivity index (χ1n) is 13.0. The third kappa shape index (κ3) is 3.77. The fourth-order valence-corrected chi connectivity index (χ4v) is 6.55. The monoisotopic (exact) mass is 515 g/mol. The summed E-state index contributed by atoms with van der Waals surface area (Å²) in [5.41, 5.74) is 2.92. The third-order valence-corrected chi connectivity index (χ3v) is 8.51. The number of nitrogens with zero attached hydrogens (tertiary/aromatic N) is 3. The lowest BCUT2D eigenvalue weighted by molar-refractivity contribution is 1.08. The number of aromatic nitrogens is 3. The van der Waals surface area contributed by atoms with Crippen LogP contribution in [0, 0.1) is 0 Å². The maximum atomic E-state index is 5.02. The van der Waals surface area contributed by atoms with Crippen molar-refractivity contribution in [1.29, 1.82) is 0 Å². The average molecular weight is 516 g/mol. The molecule has 0 radical (unpaired) electrons. The Bertz CT molecular complexity index is 2180. The lowest BCUT2D eigenvalue weighted by Gasteiger charge is -2.10. The highest BCUT2D eigenvalue weighted by atomic mass is 32.1. The van der Waals surface area contributed by atoms with Crippen molar-refractivity contribution in [2.45, 2.75) is 0 Å². The fourth-order valence-electron chi connectivity index (χ4n) is 5.32. The Kier molecular flexibility index (Phi) is 5.00. The molecule has 182 valence electrons. The topological polar surface area (TPSA) is 38.7 Å². The fraction of sp³-hybridized carbons (Fsp3) is 0. The second kappa shape index (κ2) is 8.83. The van der Waals surface area contributed by atoms with Crippen LogP contribution in [-0.4, -0.2) is 15.0 Å². The van der Waals surface area contributed by atoms with Gasteiger partial charge in [0.25, 0.3) is 0 Å². The summed E-state index contributed by atoms with van der Waals surface area (Å²) in [6, 6.07) is 44.5. The molecule has 8 rings (SSSR count). The van der Waals surface area contributed by atoms with Crippen molar-refractivity contribution in [3.05, 3.63) is 127 Å². The van der Waals surface area contributed by atoms with E-state index in [0.29, 0.717) is 17.5 Å². The van der Waals surface area contributed by atoms with Gasteiger partial charge < -0.3 is 0 Å². The zero-order chi connectivity index (χ0) is 25.8. The van der Waals surface area contributed by atoms with Crippen molar-refractivity contribution in [2.24, 2.45) is 0 Å². The molecule has 0 unspecified atom stereocenters. The van der Waals surface area contributed by atoms with E-state index >= 15 is 0 Å². The third-order valence-electron chi connectivity index (χ3n) is 7.29. The second-order valence-electron chi connectivity index (χ2n) is 9.71. The normalized spacial score (nSPS) is 11.6. The number of fused-ring (bicyclic) bond motifs is 6. The number of hydrogen-bond donors (Lipinski definition) is 0. The maximum Gasteiger partial charge on any atom is 0.164 e. The molecule has 0 bridgehead atoms. The van der Waals surface area contributed by atoms with Crippen LogP contribution in [0.25, 0.3) is 75.9 Å². The molecular weight excluding hydrogens is 494 g/mol. The first-order valence-corrected chi connectivity index (χ1v) is 13.8. The summed E-state index contributed by atoms with van der Waals surface area (Å²) < 4.78 is 2.60. The molecule has 0 aliphatic heterocycles. The van der Waals surface area contributed by atoms with Gasteiger partial charge in [0.05, 0.1) is 0 Å². The molecule has 0 fully saturated rings. The molecule has 0 aliphatic rings. The molecule has 2 heterocycles. The van der Waals surface area contributed by atoms with E-state index in [-0.39, 0.29) is 0 Å². The van der Waals surface area contributed by atoms with Gasteiger partial charge in [0.2, 0.25) is 0 Å². The van der Waals surface area contributed by atoms with Gasteiger partial charge >= 0.3 is 0 Å². The van der Waals surface area contributed by atoms with Gasteiger partial charge in [-0.05, 0) is 34.4 Å². The Labute approximate surface area is 229 Å². The average Bonchev–Trinajstić information content (AvgIpc) is 3.40. The molecule has 0 N–H and O–H groups in total. The lowest BCUT2D eigenvalue weighted by Crippen LogP contribution is -2.00. The van der Waals surface area contributed by atoms with Gasteiger partial charge in [-0.2, -0.15) is 0 Å². The van der Waals surface area contributed by atoms with Crippen molar-refractivity contribution < 1.29 is 0 Å². The Hall–Kier alpha value is -4.93. The summed E-state index contributed by atoms with van der Waals surface area (Å²) in [7, 11) is 0. The smallest absolute Gasteiger partial charge is 0.164 e. The molecule has 0 amide bonds. The van der Waals surface area contributed by atoms with Gasteiger partial charge in [0.1, 0.15) is 0 Å². The van der Waals surface area contributed by atoms with Crippen LogP contribution in [0.15, 0.2) is 127 Å². The second-order valence-corrected chi connectivity index (χ2v) is 10.8. The summed E-state index contributed by atoms with van der Waals surface area (Å²) in [6.07, 6.45) is 0. The van der Waals surface area contributed by atoms with Crippen LogP contribution >= 0.6 is 11.3 Å². The van der Waals surface area contributed by atoms with Crippen molar-refractivity contribution in [3.63, 3.8) is 0 Å². The van der Waals surface area contributed by atoms with Crippen LogP contribution in [0.3, 0.4) is 0 Å². The van der Waals surface area contributed by atoms with E-state index in [2.05, 4.69) is 97.1 Å². The van der Waals surface area contributed by atoms with Gasteiger partial charge in [-0.3, -0.25) is 0 Å². The van der Waals surface area contributed by atoms with Crippen LogP contribution in [0.5, 0.6) is 0 Å². The zero-order valence-corrected chi connectivity index (χ0v) is 21.7. The predicted molar refractivity (Wildman–Crippen MR) is 164 cm³/mol. The minimum atomic E-state index is 0.670. The van der Waals surface area contributed by atoms with E-state index < -0.39 is 0 Å². The van der Waals surface area contributed by atoms with Crippen molar-refractivity contribution in [3.8, 4) is 34.2 Å². The molecular formula is C35H21N3S. The molecule has 3 nitrogen and oxygen atoms in total. The summed E-state index contributed by atoms with van der Waals surface area (Å²) in [6.45, 7) is 0. The van der Waals surface area contributed by atoms with Crippen molar-refractivity contribution in [1.82, 2.24) is 15.0 Å². The SMILES string of the molecule is c1ccc(-c2nc(-c3ccc4ccccc4c3)nc(-c3ccc4ccc5c6ccccc6sc5c4c3)n2)cc1. The summed E-state index contributed by atoms with van der Waals surface area (Å²) in [5.74, 6) is 2.01. The molecule has 8 aromatic rings. The molecule has 0 saturated carbocycles. The van der Waals surface area contributed by atoms with Gasteiger partial charge in [-0.15, -0.1) is 11.3 Å². The molecule has 0 spiro atoms. The standard InChI is InChI=1S/C35H21N3S/c1-2-9-24(10-3-1)33-36-34(26-16-14-22-8-4-5-11-25(22)20-26)38-35(37-33)27-17-15-23-18-19-29-28-12-6-7-13-31(28)39-32(29)30(23)21-27/h1-21H. The zero-order valence-electron chi connectivity index (χ0n) is 20.9. The predicted octanol–water partition coefficient (Wildman–Crippen LogP) is 9.55. The van der Waals surface area contributed by atoms with E-state index in [4.69, 9.17) is 15.0 Å². The number of benzene rings is 6. The first-order chi connectivity index (χ1) is 19.3. The van der Waals surface area contributed by atoms with E-state index in [9.17, 15) is 0 Å². The molecule has 0 saturated heterocycles. The van der Waals surface area contributed by atoms with E-state index in [0.717, 1.165) is 22.1 Å². The van der Waals surface area contributed by atoms with Crippen LogP contribution < -0.4 is 0 Å². The molecule has 39 heavy (non-hydrogen) atoms. The first kappa shape index (κ1) is 22.1. The van der Waals surface area contributed by atoms with E-state index in [1.165, 1.54) is 36.3 Å². The Balaban J connectivity index is 1.36.